The lowest BCUT2D eigenvalue weighted by atomic mass is 9.97. The van der Waals surface area contributed by atoms with Gasteiger partial charge in [-0.2, -0.15) is 0 Å². The average Bonchev–Trinajstić information content (AvgIpc) is 2.35. The van der Waals surface area contributed by atoms with Gasteiger partial charge in [-0.3, -0.25) is 0 Å². The van der Waals surface area contributed by atoms with Crippen LogP contribution in [0.5, 0.6) is 63.2 Å². The Morgan fingerprint density at radius 2 is 1.02 bits per heavy atom. The molecule has 4 aromatic carbocycles. The highest BCUT2D eigenvalue weighted by Crippen LogP contribution is 2.48. The molecule has 0 saturated carbocycles. The van der Waals surface area contributed by atoms with E-state index in [1.54, 1.807) is 0 Å². The number of aliphatic hydroxyl groups is 10. The number of phenols is 5. The number of hydrogen-bond donors (Lipinski definition) is 14. The molecule has 15 N–H and O–H groups in total. The first-order valence-corrected chi connectivity index (χ1v) is 25.5. The van der Waals surface area contributed by atoms with Crippen LogP contribution in [0.2, 0.25) is 0 Å². The topological polar surface area (TPSA) is 441 Å². The van der Waals surface area contributed by atoms with Crippen molar-refractivity contribution in [2.75, 3.05) is 48.3 Å². The standard InChI is InChI=1S/C55H62O29/c1-72-31-11-22(12-32(73-2)41(31)62)5-9-39(60)76-20-37-44(65)47(68)50(71)54(82-37)84-52-48(69)45(66)38(21-77-40(61)10-6-23-13-33(74-3)42(63)34(14-23)75-4)83-55(52)80-35-18-26-29(78-51(35)24-7-8-27(58)28(59)15-24)16-25(57)17-30(26)79-53-49(70)46(67)43(64)36(19-56)81-53/h5-18,36-38,43-59,62-71H,19-21H2,1-4H3/p+1. The van der Waals surface area contributed by atoms with Crippen molar-refractivity contribution in [2.24, 2.45) is 0 Å². The first-order valence-electron chi connectivity index (χ1n) is 25.5. The fraction of sp³-hybridized carbons (Fsp3) is 0.418. The van der Waals surface area contributed by atoms with Crippen LogP contribution in [-0.4, -0.2) is 229 Å². The summed E-state index contributed by atoms with van der Waals surface area (Å²) in [5.41, 5.74) is 0.655. The van der Waals surface area contributed by atoms with Crippen molar-refractivity contribution in [3.63, 3.8) is 0 Å². The molecule has 29 heteroatoms. The van der Waals surface area contributed by atoms with Crippen molar-refractivity contribution in [1.29, 1.82) is 0 Å². The maximum atomic E-state index is 13.2. The van der Waals surface area contributed by atoms with Crippen molar-refractivity contribution in [2.45, 2.75) is 98.2 Å². The number of aliphatic hydroxyl groups excluding tert-OH is 9. The summed E-state index contributed by atoms with van der Waals surface area (Å²) in [6, 6.07) is 11.3. The average molecular weight is 1190 g/mol. The van der Waals surface area contributed by atoms with Crippen LogP contribution >= 0.6 is 0 Å². The van der Waals surface area contributed by atoms with Gasteiger partial charge in [0, 0.05) is 24.3 Å². The second-order valence-electron chi connectivity index (χ2n) is 19.3. The third-order valence-electron chi connectivity index (χ3n) is 13.8. The number of hydrogen-bond acceptors (Lipinski definition) is 28. The van der Waals surface area contributed by atoms with E-state index in [0.717, 1.165) is 30.4 Å². The number of benzene rings is 4. The first kappa shape index (κ1) is 62.2. The Kier molecular flexibility index (Phi) is 19.8. The van der Waals surface area contributed by atoms with Gasteiger partial charge in [0.05, 0.1) is 46.7 Å². The largest absolute Gasteiger partial charge is 0.571 e. The third-order valence-corrected chi connectivity index (χ3v) is 13.8. The van der Waals surface area contributed by atoms with E-state index in [-0.39, 0.29) is 62.9 Å². The van der Waals surface area contributed by atoms with Gasteiger partial charge in [-0.1, -0.05) is 0 Å². The minimum atomic E-state index is -2.18. The molecular formula is C55H63O29+. The molecule has 4 aliphatic heterocycles. The van der Waals surface area contributed by atoms with E-state index < -0.39 is 147 Å². The van der Waals surface area contributed by atoms with Crippen molar-refractivity contribution in [3.05, 3.63) is 94.8 Å². The molecule has 3 fully saturated rings. The molecule has 29 nitrogen and oxygen atoms in total. The second kappa shape index (κ2) is 26.8. The molecule has 16 unspecified atom stereocenters. The van der Waals surface area contributed by atoms with E-state index in [0.29, 0.717) is 11.1 Å². The highest BCUT2D eigenvalue weighted by molar-refractivity contribution is 5.88. The number of ether oxygens (including phenoxy) is 13. The molecular weight excluding hydrogens is 1120 g/mol. The minimum absolute atomic E-state index is 0.0117. The third kappa shape index (κ3) is 13.5. The minimum Gasteiger partial charge on any atom is -0.571 e. The maximum absolute atomic E-state index is 13.2. The Bertz CT molecular complexity index is 3020. The predicted molar refractivity (Wildman–Crippen MR) is 280 cm³/mol. The Morgan fingerprint density at radius 1 is 0.536 bits per heavy atom. The maximum Gasteiger partial charge on any atom is 0.330 e. The molecule has 4 heterocycles. The molecule has 3 saturated heterocycles. The molecule has 16 atom stereocenters. The summed E-state index contributed by atoms with van der Waals surface area (Å²) in [5.74, 6) is -4.94. The van der Waals surface area contributed by atoms with E-state index in [1.165, 1.54) is 83.1 Å². The van der Waals surface area contributed by atoms with Crippen LogP contribution < -0.4 is 23.7 Å². The molecule has 456 valence electrons. The monoisotopic (exact) mass is 1190 g/mol. The summed E-state index contributed by atoms with van der Waals surface area (Å²) in [6.07, 6.45) is -24.5. The fourth-order valence-corrected chi connectivity index (χ4v) is 9.22. The molecule has 0 spiro atoms. The van der Waals surface area contributed by atoms with E-state index in [2.05, 4.69) is 0 Å². The van der Waals surface area contributed by atoms with Gasteiger partial charge in [0.1, 0.15) is 97.4 Å². The van der Waals surface area contributed by atoms with Crippen LogP contribution in [0.3, 0.4) is 0 Å². The van der Waals surface area contributed by atoms with E-state index in [4.69, 9.17) is 61.6 Å². The zero-order valence-electron chi connectivity index (χ0n) is 44.9. The van der Waals surface area contributed by atoms with Crippen LogP contribution in [0.4, 0.5) is 0 Å². The van der Waals surface area contributed by atoms with Crippen molar-refractivity contribution < 1.29 is 143 Å². The summed E-state index contributed by atoms with van der Waals surface area (Å²) in [7, 11) is 5.18. The Morgan fingerprint density at radius 3 is 1.54 bits per heavy atom. The van der Waals surface area contributed by atoms with Gasteiger partial charge in [-0.25, -0.2) is 9.59 Å². The lowest BCUT2D eigenvalue weighted by Crippen LogP contribution is -2.64. The molecule has 0 bridgehead atoms. The first-order chi connectivity index (χ1) is 40.1. The highest BCUT2D eigenvalue weighted by Gasteiger charge is 2.53. The quantitative estimate of drug-likeness (QED) is 0.0217. The summed E-state index contributed by atoms with van der Waals surface area (Å²) in [6.45, 7) is -2.44. The van der Waals surface area contributed by atoms with Crippen LogP contribution in [0, 0.1) is 0 Å². The van der Waals surface area contributed by atoms with Crippen LogP contribution in [0.1, 0.15) is 28.4 Å². The van der Waals surface area contributed by atoms with Gasteiger partial charge in [0.25, 0.3) is 11.9 Å². The number of rotatable bonds is 20. The van der Waals surface area contributed by atoms with Crippen LogP contribution in [0.25, 0.3) is 18.2 Å². The zero-order chi connectivity index (χ0) is 60.8. The van der Waals surface area contributed by atoms with Crippen LogP contribution in [0.15, 0.2) is 72.5 Å². The fourth-order valence-electron chi connectivity index (χ4n) is 9.22. The van der Waals surface area contributed by atoms with Crippen molar-refractivity contribution in [1.82, 2.24) is 0 Å². The Balaban J connectivity index is 1.11. The number of aromatic hydroxyl groups is 6. The van der Waals surface area contributed by atoms with E-state index in [9.17, 15) is 81.1 Å². The summed E-state index contributed by atoms with van der Waals surface area (Å²) in [4.78, 5) is 26.2. The number of esters is 2. The number of fused-ring (bicyclic) bond motifs is 1. The Labute approximate surface area is 476 Å². The molecule has 4 aromatic rings. The van der Waals surface area contributed by atoms with Gasteiger partial charge in [0.15, 0.2) is 52.7 Å². The summed E-state index contributed by atoms with van der Waals surface area (Å²) >= 11 is 0. The van der Waals surface area contributed by atoms with Gasteiger partial charge in [-0.05, 0) is 65.7 Å². The Hall–Kier alpha value is -7.88. The normalized spacial score (nSPS) is 29.5. The molecule has 0 radical (unpaired) electrons. The summed E-state index contributed by atoms with van der Waals surface area (Å²) in [5, 5.41) is 151. The number of methoxy groups -OCH3 is 4. The van der Waals surface area contributed by atoms with Gasteiger partial charge < -0.3 is 133 Å². The summed E-state index contributed by atoms with van der Waals surface area (Å²) < 4.78 is 72.1. The predicted octanol–water partition coefficient (Wildman–Crippen LogP) is -1.07. The van der Waals surface area contributed by atoms with Gasteiger partial charge in [-0.15, -0.1) is 0 Å². The number of phenolic OH excluding ortho intramolecular Hbond substituents is 5. The van der Waals surface area contributed by atoms with E-state index >= 15 is 0 Å². The number of carbonyl (C=O) groups is 2. The van der Waals surface area contributed by atoms with E-state index in [1.807, 2.05) is 0 Å². The van der Waals surface area contributed by atoms with Crippen molar-refractivity contribution in [3.8, 4) is 63.2 Å². The molecule has 0 aromatic heterocycles. The lowest BCUT2D eigenvalue weighted by Gasteiger charge is -2.46. The smallest absolute Gasteiger partial charge is 0.330 e. The lowest BCUT2D eigenvalue weighted by molar-refractivity contribution is -0.364. The van der Waals surface area contributed by atoms with Gasteiger partial charge in [0.2, 0.25) is 24.1 Å². The van der Waals surface area contributed by atoms with Gasteiger partial charge >= 0.3 is 11.9 Å². The second-order valence-corrected chi connectivity index (χ2v) is 19.3. The molecule has 0 aliphatic carbocycles. The molecule has 8 rings (SSSR count). The van der Waals surface area contributed by atoms with Crippen LogP contribution in [-0.2, 0) is 42.7 Å². The zero-order valence-corrected chi connectivity index (χ0v) is 44.9. The SMILES string of the molecule is COc1cc(C=CC(=O)OCC2OC(OC3C(OC4=Cc5c(OC6OC(CO)C(O)C(O)C6O)cc(O)cc5[OH+]C4c4ccc(O)c(O)c4)OC(COC(=O)C=Cc4cc(OC)c(O)c(OC)c4)C(O)C3O)C(O)C(O)C2O)cc(OC)c1O. The molecule has 4 aliphatic rings. The molecule has 84 heavy (non-hydrogen) atoms. The highest BCUT2D eigenvalue weighted by atomic mass is 16.8. The number of carbonyl (C=O) groups excluding carboxylic acids is 2. The molecule has 0 amide bonds. The van der Waals surface area contributed by atoms with Crippen molar-refractivity contribution >= 4 is 30.2 Å².